The molecule has 4 aromatic rings. The van der Waals surface area contributed by atoms with E-state index >= 15 is 0 Å². The van der Waals surface area contributed by atoms with Gasteiger partial charge in [0, 0.05) is 54.1 Å². The fraction of sp³-hybridized carbons (Fsp3) is 0.286. The van der Waals surface area contributed by atoms with E-state index in [1.165, 1.54) is 0 Å². The number of carbonyl (C=O) groups is 1. The van der Waals surface area contributed by atoms with Crippen LogP contribution >= 0.6 is 0 Å². The fourth-order valence-electron chi connectivity index (χ4n) is 4.31. The Labute approximate surface area is 216 Å². The zero-order valence-corrected chi connectivity index (χ0v) is 21.3. The Morgan fingerprint density at radius 2 is 1.95 bits per heavy atom. The first-order chi connectivity index (χ1) is 17.9. The predicted octanol–water partition coefficient (Wildman–Crippen LogP) is 4.17. The molecular weight excluding hydrogens is 466 g/mol. The summed E-state index contributed by atoms with van der Waals surface area (Å²) in [5.74, 6) is 1.87. The van der Waals surface area contributed by atoms with E-state index in [-0.39, 0.29) is 18.6 Å². The minimum Gasteiger partial charge on any atom is -0.484 e. The van der Waals surface area contributed by atoms with Crippen LogP contribution in [0.3, 0.4) is 0 Å². The van der Waals surface area contributed by atoms with Gasteiger partial charge < -0.3 is 20.3 Å². The van der Waals surface area contributed by atoms with Crippen molar-refractivity contribution in [2.45, 2.75) is 32.9 Å². The Morgan fingerprint density at radius 1 is 1.11 bits per heavy atom. The molecule has 2 aromatic heterocycles. The number of hydrogen-bond acceptors (Lipinski definition) is 7. The number of aromatic nitrogens is 4. The second-order valence-corrected chi connectivity index (χ2v) is 9.54. The molecule has 190 valence electrons. The summed E-state index contributed by atoms with van der Waals surface area (Å²) in [7, 11) is 2.11. The highest BCUT2D eigenvalue weighted by Gasteiger charge is 2.21. The summed E-state index contributed by atoms with van der Waals surface area (Å²) in [6.45, 7) is 5.52. The van der Waals surface area contributed by atoms with Crippen LogP contribution in [0.5, 0.6) is 5.75 Å². The topological polar surface area (TPSA) is 108 Å². The number of ether oxygens (including phenoxy) is 1. The average molecular weight is 498 g/mol. The standard InChI is InChI=1S/C28H31N7O2/c1-18(2)31-26(36)17-37-23-6-4-5-20(13-23)27-33-25-11-12-35(3)16-24(25)28(34-27)32-22-9-7-19(8-10-22)21-14-29-30-15-21/h4-10,13-15,18H,11-12,16-17H2,1-3H3,(H,29,30)(H,31,36)(H,32,33,34). The third kappa shape index (κ3) is 5.95. The van der Waals surface area contributed by atoms with Gasteiger partial charge in [-0.05, 0) is 50.7 Å². The molecule has 0 atom stereocenters. The van der Waals surface area contributed by atoms with Crippen LogP contribution in [0.15, 0.2) is 60.9 Å². The highest BCUT2D eigenvalue weighted by molar-refractivity contribution is 5.77. The Hall–Kier alpha value is -4.24. The molecule has 9 heteroatoms. The zero-order chi connectivity index (χ0) is 25.8. The molecule has 3 heterocycles. The molecule has 0 radical (unpaired) electrons. The molecule has 9 nitrogen and oxygen atoms in total. The summed E-state index contributed by atoms with van der Waals surface area (Å²) in [6.07, 6.45) is 4.53. The Bertz CT molecular complexity index is 1370. The molecule has 2 aromatic carbocycles. The largest absolute Gasteiger partial charge is 0.484 e. The van der Waals surface area contributed by atoms with E-state index in [1.807, 2.05) is 56.4 Å². The van der Waals surface area contributed by atoms with Crippen molar-refractivity contribution in [1.29, 1.82) is 0 Å². The zero-order valence-electron chi connectivity index (χ0n) is 21.3. The third-order valence-electron chi connectivity index (χ3n) is 6.14. The lowest BCUT2D eigenvalue weighted by atomic mass is 10.1. The molecule has 1 aliphatic rings. The lowest BCUT2D eigenvalue weighted by Gasteiger charge is -2.26. The van der Waals surface area contributed by atoms with Crippen molar-refractivity contribution >= 4 is 17.4 Å². The second kappa shape index (κ2) is 10.8. The maximum absolute atomic E-state index is 12.0. The van der Waals surface area contributed by atoms with Gasteiger partial charge in [-0.25, -0.2) is 9.97 Å². The fourth-order valence-corrected chi connectivity index (χ4v) is 4.31. The number of nitrogens with zero attached hydrogens (tertiary/aromatic N) is 4. The number of H-pyrrole nitrogens is 1. The van der Waals surface area contributed by atoms with Gasteiger partial charge in [0.15, 0.2) is 12.4 Å². The molecule has 0 unspecified atom stereocenters. The van der Waals surface area contributed by atoms with Crippen LogP contribution in [0.4, 0.5) is 11.5 Å². The van der Waals surface area contributed by atoms with Gasteiger partial charge in [0.1, 0.15) is 11.6 Å². The summed E-state index contributed by atoms with van der Waals surface area (Å²) >= 11 is 0. The van der Waals surface area contributed by atoms with Gasteiger partial charge in [0.05, 0.1) is 11.9 Å². The number of amides is 1. The van der Waals surface area contributed by atoms with Gasteiger partial charge in [0.25, 0.3) is 5.91 Å². The molecule has 0 aliphatic carbocycles. The molecule has 0 saturated carbocycles. The van der Waals surface area contributed by atoms with E-state index in [1.54, 1.807) is 6.20 Å². The van der Waals surface area contributed by atoms with E-state index < -0.39 is 0 Å². The number of anilines is 2. The van der Waals surface area contributed by atoms with Crippen LogP contribution in [0.1, 0.15) is 25.1 Å². The van der Waals surface area contributed by atoms with Gasteiger partial charge in [-0.15, -0.1) is 0 Å². The number of likely N-dealkylation sites (N-methyl/N-ethyl adjacent to an activating group) is 1. The first-order valence-electron chi connectivity index (χ1n) is 12.4. The van der Waals surface area contributed by atoms with Gasteiger partial charge in [0.2, 0.25) is 0 Å². The number of carbonyl (C=O) groups excluding carboxylic acids is 1. The van der Waals surface area contributed by atoms with Crippen molar-refractivity contribution in [3.05, 3.63) is 72.2 Å². The van der Waals surface area contributed by atoms with Gasteiger partial charge >= 0.3 is 0 Å². The minimum absolute atomic E-state index is 0.0410. The summed E-state index contributed by atoms with van der Waals surface area (Å²) in [4.78, 5) is 24.1. The van der Waals surface area contributed by atoms with Crippen LogP contribution in [0.25, 0.3) is 22.5 Å². The van der Waals surface area contributed by atoms with Crippen molar-refractivity contribution in [3.8, 4) is 28.3 Å². The summed E-state index contributed by atoms with van der Waals surface area (Å²) in [5.41, 5.74) is 6.06. The number of benzene rings is 2. The second-order valence-electron chi connectivity index (χ2n) is 9.54. The monoisotopic (exact) mass is 497 g/mol. The minimum atomic E-state index is -0.153. The molecule has 0 saturated heterocycles. The summed E-state index contributed by atoms with van der Waals surface area (Å²) in [5, 5.41) is 13.2. The van der Waals surface area contributed by atoms with Crippen molar-refractivity contribution in [1.82, 2.24) is 30.4 Å². The number of nitrogens with one attached hydrogen (secondary N) is 3. The maximum Gasteiger partial charge on any atom is 0.258 e. The molecule has 3 N–H and O–H groups in total. The van der Waals surface area contributed by atoms with Crippen molar-refractivity contribution in [2.24, 2.45) is 0 Å². The van der Waals surface area contributed by atoms with Gasteiger partial charge in [-0.2, -0.15) is 5.10 Å². The molecular formula is C28H31N7O2. The van der Waals surface area contributed by atoms with Gasteiger partial charge in [-0.1, -0.05) is 24.3 Å². The van der Waals surface area contributed by atoms with E-state index in [4.69, 9.17) is 14.7 Å². The lowest BCUT2D eigenvalue weighted by Crippen LogP contribution is -2.34. The molecule has 37 heavy (non-hydrogen) atoms. The van der Waals surface area contributed by atoms with Crippen molar-refractivity contribution < 1.29 is 9.53 Å². The number of rotatable bonds is 8. The molecule has 0 fully saturated rings. The third-order valence-corrected chi connectivity index (χ3v) is 6.14. The number of fused-ring (bicyclic) bond motifs is 1. The first kappa shape index (κ1) is 24.5. The Morgan fingerprint density at radius 3 is 2.70 bits per heavy atom. The highest BCUT2D eigenvalue weighted by Crippen LogP contribution is 2.31. The molecule has 1 aliphatic heterocycles. The quantitative estimate of drug-likeness (QED) is 0.335. The molecule has 0 spiro atoms. The number of aromatic amines is 1. The average Bonchev–Trinajstić information content (AvgIpc) is 3.43. The SMILES string of the molecule is CC(C)NC(=O)COc1cccc(-c2nc3c(c(Nc4ccc(-c5cn[nH]c5)cc4)n2)CN(C)CC3)c1. The van der Waals surface area contributed by atoms with E-state index in [9.17, 15) is 4.79 Å². The maximum atomic E-state index is 12.0. The highest BCUT2D eigenvalue weighted by atomic mass is 16.5. The van der Waals surface area contributed by atoms with E-state index in [2.05, 4.69) is 44.9 Å². The lowest BCUT2D eigenvalue weighted by molar-refractivity contribution is -0.123. The van der Waals surface area contributed by atoms with E-state index in [0.717, 1.165) is 59.0 Å². The van der Waals surface area contributed by atoms with E-state index in [0.29, 0.717) is 11.6 Å². The Balaban J connectivity index is 1.41. The number of hydrogen-bond donors (Lipinski definition) is 3. The van der Waals surface area contributed by atoms with Crippen molar-refractivity contribution in [2.75, 3.05) is 25.5 Å². The smallest absolute Gasteiger partial charge is 0.258 e. The van der Waals surface area contributed by atoms with Crippen LogP contribution < -0.4 is 15.4 Å². The van der Waals surface area contributed by atoms with Gasteiger partial charge in [-0.3, -0.25) is 9.89 Å². The molecule has 0 bridgehead atoms. The summed E-state index contributed by atoms with van der Waals surface area (Å²) < 4.78 is 5.73. The van der Waals surface area contributed by atoms with Crippen molar-refractivity contribution in [3.63, 3.8) is 0 Å². The predicted molar refractivity (Wildman–Crippen MR) is 144 cm³/mol. The van der Waals surface area contributed by atoms with Crippen LogP contribution in [0.2, 0.25) is 0 Å². The molecule has 5 rings (SSSR count). The van der Waals surface area contributed by atoms with Crippen LogP contribution in [-0.4, -0.2) is 57.2 Å². The molecule has 1 amide bonds. The first-order valence-corrected chi connectivity index (χ1v) is 12.4. The summed E-state index contributed by atoms with van der Waals surface area (Å²) in [6, 6.07) is 15.8. The van der Waals surface area contributed by atoms with Crippen LogP contribution in [0, 0.1) is 0 Å². The van der Waals surface area contributed by atoms with Crippen LogP contribution in [-0.2, 0) is 17.8 Å². The Kier molecular flexibility index (Phi) is 7.14. The normalized spacial score (nSPS) is 13.3.